The molecule has 1 aliphatic heterocycles. The van der Waals surface area contributed by atoms with Crippen LogP contribution in [0, 0.1) is 0 Å². The normalized spacial score (nSPS) is 23.1. The molecular weight excluding hydrogens is 301 g/mol. The summed E-state index contributed by atoms with van der Waals surface area (Å²) in [6, 6.07) is 0. The first-order valence-corrected chi connectivity index (χ1v) is 5.85. The highest BCUT2D eigenvalue weighted by atomic mass is 35.5. The molecule has 0 unspecified atom stereocenters. The van der Waals surface area contributed by atoms with E-state index in [0.717, 1.165) is 4.68 Å². The molecule has 0 radical (unpaired) electrons. The number of carbonyl (C=O) groups is 1. The van der Waals surface area contributed by atoms with E-state index in [1.165, 1.54) is 19.3 Å². The second-order valence-electron chi connectivity index (χ2n) is 4.39. The second-order valence-corrected chi connectivity index (χ2v) is 4.82. The van der Waals surface area contributed by atoms with E-state index in [0.29, 0.717) is 0 Å². The fourth-order valence-electron chi connectivity index (χ4n) is 1.83. The van der Waals surface area contributed by atoms with Crippen molar-refractivity contribution < 1.29 is 23.1 Å². The summed E-state index contributed by atoms with van der Waals surface area (Å²) in [5.74, 6) is -1.04. The van der Waals surface area contributed by atoms with E-state index in [4.69, 9.17) is 11.6 Å². The number of carbonyl (C=O) groups excluding carboxylic acids is 1. The summed E-state index contributed by atoms with van der Waals surface area (Å²) in [5.41, 5.74) is -3.30. The van der Waals surface area contributed by atoms with Crippen LogP contribution in [0.4, 0.5) is 13.2 Å². The third-order valence-electron chi connectivity index (χ3n) is 2.71. The number of alkyl halides is 3. The van der Waals surface area contributed by atoms with Crippen LogP contribution >= 0.6 is 11.6 Å². The number of halogens is 4. The average Bonchev–Trinajstić information content (AvgIpc) is 2.82. The molecule has 6 nitrogen and oxygen atoms in total. The molecule has 0 fully saturated rings. The van der Waals surface area contributed by atoms with Crippen molar-refractivity contribution in [1.29, 1.82) is 0 Å². The largest absolute Gasteiger partial charge is 0.438 e. The van der Waals surface area contributed by atoms with E-state index in [1.54, 1.807) is 0 Å². The summed E-state index contributed by atoms with van der Waals surface area (Å²) in [6.07, 6.45) is -3.27. The van der Waals surface area contributed by atoms with Crippen LogP contribution < -0.4 is 0 Å². The van der Waals surface area contributed by atoms with Crippen LogP contribution in [0.5, 0.6) is 0 Å². The molecule has 0 saturated heterocycles. The van der Waals surface area contributed by atoms with Gasteiger partial charge in [0.1, 0.15) is 6.54 Å². The molecule has 0 bridgehead atoms. The van der Waals surface area contributed by atoms with Crippen molar-refractivity contribution in [2.24, 2.45) is 5.10 Å². The van der Waals surface area contributed by atoms with Gasteiger partial charge in [-0.25, -0.2) is 0 Å². The smallest absolute Gasteiger partial charge is 0.362 e. The van der Waals surface area contributed by atoms with Gasteiger partial charge in [-0.1, -0.05) is 11.6 Å². The number of hydrogen-bond acceptors (Lipinski definition) is 4. The highest BCUT2D eigenvalue weighted by molar-refractivity contribution is 6.30. The van der Waals surface area contributed by atoms with E-state index in [1.807, 2.05) is 0 Å². The van der Waals surface area contributed by atoms with Gasteiger partial charge >= 0.3 is 6.18 Å². The van der Waals surface area contributed by atoms with Crippen LogP contribution in [0.1, 0.15) is 13.3 Å². The average molecular weight is 311 g/mol. The Labute approximate surface area is 116 Å². The van der Waals surface area contributed by atoms with Crippen molar-refractivity contribution in [3.63, 3.8) is 0 Å². The molecule has 1 atom stereocenters. The van der Waals surface area contributed by atoms with Crippen molar-refractivity contribution in [1.82, 2.24) is 14.8 Å². The van der Waals surface area contributed by atoms with Crippen LogP contribution in [-0.2, 0) is 11.3 Å². The summed E-state index contributed by atoms with van der Waals surface area (Å²) in [7, 11) is 0. The minimum Gasteiger partial charge on any atom is -0.362 e. The number of aromatic nitrogens is 2. The second kappa shape index (κ2) is 4.74. The molecule has 0 aliphatic carbocycles. The minimum atomic E-state index is -5.01. The molecule has 2 rings (SSSR count). The zero-order chi connectivity index (χ0) is 15.1. The van der Waals surface area contributed by atoms with E-state index in [2.05, 4.69) is 10.2 Å². The van der Waals surface area contributed by atoms with Crippen LogP contribution in [0.3, 0.4) is 0 Å². The molecule has 1 aromatic heterocycles. The number of rotatable bonds is 2. The zero-order valence-corrected chi connectivity index (χ0v) is 11.0. The molecular formula is C10H10ClF3N4O2. The molecule has 1 amide bonds. The van der Waals surface area contributed by atoms with Gasteiger partial charge in [0.25, 0.3) is 11.6 Å². The Balaban J connectivity index is 2.23. The lowest BCUT2D eigenvalue weighted by molar-refractivity contribution is -0.302. The molecule has 10 heteroatoms. The number of aliphatic hydroxyl groups is 1. The topological polar surface area (TPSA) is 70.7 Å². The van der Waals surface area contributed by atoms with Crippen molar-refractivity contribution >= 4 is 23.2 Å². The van der Waals surface area contributed by atoms with Gasteiger partial charge in [0.05, 0.1) is 11.2 Å². The minimum absolute atomic E-state index is 0.0108. The van der Waals surface area contributed by atoms with E-state index in [-0.39, 0.29) is 15.7 Å². The van der Waals surface area contributed by atoms with Crippen LogP contribution in [0.2, 0.25) is 5.02 Å². The summed E-state index contributed by atoms with van der Waals surface area (Å²) >= 11 is 5.59. The maximum atomic E-state index is 12.9. The molecule has 1 aromatic rings. The van der Waals surface area contributed by atoms with E-state index in [9.17, 15) is 23.1 Å². The number of nitrogens with zero attached hydrogens (tertiary/aromatic N) is 4. The first kappa shape index (κ1) is 14.8. The molecule has 1 aliphatic rings. The Morgan fingerprint density at radius 2 is 2.25 bits per heavy atom. The Bertz CT molecular complexity index is 571. The van der Waals surface area contributed by atoms with E-state index >= 15 is 0 Å². The first-order chi connectivity index (χ1) is 9.13. The highest BCUT2D eigenvalue weighted by Crippen LogP contribution is 2.40. The van der Waals surface area contributed by atoms with Crippen molar-refractivity contribution in [2.75, 3.05) is 0 Å². The van der Waals surface area contributed by atoms with Crippen LogP contribution in [-0.4, -0.2) is 43.4 Å². The molecule has 0 spiro atoms. The van der Waals surface area contributed by atoms with Crippen molar-refractivity contribution in [3.8, 4) is 0 Å². The number of amides is 1. The third kappa shape index (κ3) is 2.50. The molecule has 2 heterocycles. The van der Waals surface area contributed by atoms with Gasteiger partial charge in [-0.05, 0) is 6.92 Å². The fourth-order valence-corrected chi connectivity index (χ4v) is 1.99. The van der Waals surface area contributed by atoms with E-state index < -0.39 is 30.8 Å². The zero-order valence-electron chi connectivity index (χ0n) is 10.2. The SMILES string of the molecule is CC1=NN(C(=O)Cn2cc(Cl)cn2)[C@@](O)(C(F)(F)F)C1. The first-order valence-electron chi connectivity index (χ1n) is 5.48. The maximum Gasteiger partial charge on any atom is 0.438 e. The molecule has 20 heavy (non-hydrogen) atoms. The Morgan fingerprint density at radius 3 is 2.75 bits per heavy atom. The van der Waals surface area contributed by atoms with Crippen molar-refractivity contribution in [3.05, 3.63) is 17.4 Å². The molecule has 0 saturated carbocycles. The maximum absolute atomic E-state index is 12.9. The van der Waals surface area contributed by atoms with Gasteiger partial charge in [-0.2, -0.15) is 28.4 Å². The van der Waals surface area contributed by atoms with Crippen LogP contribution in [0.25, 0.3) is 0 Å². The van der Waals surface area contributed by atoms with Crippen molar-refractivity contribution in [2.45, 2.75) is 31.8 Å². The standard InChI is InChI=1S/C10H10ClF3N4O2/c1-6-2-9(20,10(12,13)14)18(16-6)8(19)5-17-4-7(11)3-15-17/h3-4,20H,2,5H2,1H3/t9-/m0/s1. The lowest BCUT2D eigenvalue weighted by Gasteiger charge is -2.32. The third-order valence-corrected chi connectivity index (χ3v) is 2.91. The number of hydrogen-bond donors (Lipinski definition) is 1. The lowest BCUT2D eigenvalue weighted by atomic mass is 10.1. The molecule has 110 valence electrons. The quantitative estimate of drug-likeness (QED) is 0.897. The summed E-state index contributed by atoms with van der Waals surface area (Å²) in [4.78, 5) is 11.9. The van der Waals surface area contributed by atoms with Gasteiger partial charge in [-0.3, -0.25) is 9.48 Å². The Morgan fingerprint density at radius 1 is 1.60 bits per heavy atom. The number of hydrazone groups is 1. The van der Waals surface area contributed by atoms with Gasteiger partial charge in [0.15, 0.2) is 0 Å². The predicted molar refractivity (Wildman–Crippen MR) is 62.8 cm³/mol. The van der Waals surface area contributed by atoms with Crippen LogP contribution in [0.15, 0.2) is 17.5 Å². The summed E-state index contributed by atoms with van der Waals surface area (Å²) in [5, 5.41) is 17.2. The summed E-state index contributed by atoms with van der Waals surface area (Å²) < 4.78 is 39.8. The van der Waals surface area contributed by atoms with Gasteiger partial charge < -0.3 is 5.11 Å². The fraction of sp³-hybridized carbons (Fsp3) is 0.500. The van der Waals surface area contributed by atoms with Gasteiger partial charge in [-0.15, -0.1) is 0 Å². The predicted octanol–water partition coefficient (Wildman–Crippen LogP) is 1.40. The summed E-state index contributed by atoms with van der Waals surface area (Å²) in [6.45, 7) is 0.788. The van der Waals surface area contributed by atoms with Gasteiger partial charge in [0.2, 0.25) is 0 Å². The highest BCUT2D eigenvalue weighted by Gasteiger charge is 2.62. The Hall–Kier alpha value is -1.61. The molecule has 1 N–H and O–H groups in total. The monoisotopic (exact) mass is 310 g/mol. The lowest BCUT2D eigenvalue weighted by Crippen LogP contribution is -2.57. The molecule has 0 aromatic carbocycles. The Kier molecular flexibility index (Phi) is 3.51. The van der Waals surface area contributed by atoms with Gasteiger partial charge in [0, 0.05) is 18.3 Å².